The van der Waals surface area contributed by atoms with Crippen LogP contribution in [0.4, 0.5) is 0 Å². The topological polar surface area (TPSA) is 15.3 Å². The van der Waals surface area contributed by atoms with E-state index < -0.39 is 0 Å². The average molecular weight is 286 g/mol. The fourth-order valence-corrected chi connectivity index (χ4v) is 3.84. The molecule has 1 aliphatic heterocycles. The van der Waals surface area contributed by atoms with Crippen molar-refractivity contribution < 1.29 is 0 Å². The van der Waals surface area contributed by atoms with Crippen molar-refractivity contribution in [3.05, 3.63) is 35.9 Å². The molecule has 2 fully saturated rings. The number of nitrogens with zero attached hydrogens (tertiary/aromatic N) is 1. The SMILES string of the molecule is CCCC(C)CN1CC(C2CC2)NCC1c1ccccc1. The Bertz CT molecular complexity index is 426. The van der Waals surface area contributed by atoms with Gasteiger partial charge in [-0.1, -0.05) is 50.6 Å². The second kappa shape index (κ2) is 6.93. The molecule has 3 atom stereocenters. The Morgan fingerprint density at radius 2 is 2.00 bits per heavy atom. The van der Waals surface area contributed by atoms with E-state index in [2.05, 4.69) is 54.4 Å². The third kappa shape index (κ3) is 3.87. The van der Waals surface area contributed by atoms with Crippen LogP contribution in [0.25, 0.3) is 0 Å². The number of hydrogen-bond donors (Lipinski definition) is 1. The van der Waals surface area contributed by atoms with Crippen LogP contribution < -0.4 is 5.32 Å². The van der Waals surface area contributed by atoms with Crippen molar-refractivity contribution >= 4 is 0 Å². The van der Waals surface area contributed by atoms with Crippen LogP contribution >= 0.6 is 0 Å². The number of benzene rings is 1. The van der Waals surface area contributed by atoms with E-state index in [-0.39, 0.29) is 0 Å². The van der Waals surface area contributed by atoms with Crippen LogP contribution in [0.2, 0.25) is 0 Å². The molecular weight excluding hydrogens is 256 g/mol. The predicted molar refractivity (Wildman–Crippen MR) is 89.3 cm³/mol. The molecule has 0 bridgehead atoms. The minimum atomic E-state index is 0.556. The highest BCUT2D eigenvalue weighted by molar-refractivity contribution is 5.20. The first kappa shape index (κ1) is 15.1. The van der Waals surface area contributed by atoms with E-state index >= 15 is 0 Å². The van der Waals surface area contributed by atoms with Crippen molar-refractivity contribution in [2.24, 2.45) is 11.8 Å². The summed E-state index contributed by atoms with van der Waals surface area (Å²) in [5.41, 5.74) is 1.47. The maximum Gasteiger partial charge on any atom is 0.0473 e. The van der Waals surface area contributed by atoms with Crippen molar-refractivity contribution in [2.75, 3.05) is 19.6 Å². The number of piperazine rings is 1. The van der Waals surface area contributed by atoms with Crippen LogP contribution in [0.1, 0.15) is 51.1 Å². The summed E-state index contributed by atoms with van der Waals surface area (Å²) in [6, 6.07) is 12.4. The van der Waals surface area contributed by atoms with Gasteiger partial charge in [0.25, 0.3) is 0 Å². The second-order valence-corrected chi connectivity index (χ2v) is 7.13. The second-order valence-electron chi connectivity index (χ2n) is 7.13. The molecule has 1 aliphatic carbocycles. The molecule has 116 valence electrons. The summed E-state index contributed by atoms with van der Waals surface area (Å²) in [5, 5.41) is 3.82. The van der Waals surface area contributed by atoms with Gasteiger partial charge in [-0.15, -0.1) is 0 Å². The van der Waals surface area contributed by atoms with Crippen molar-refractivity contribution in [2.45, 2.75) is 51.6 Å². The van der Waals surface area contributed by atoms with E-state index in [1.54, 1.807) is 0 Å². The summed E-state index contributed by atoms with van der Waals surface area (Å²) in [5.74, 6) is 1.75. The Balaban J connectivity index is 1.70. The third-order valence-electron chi connectivity index (χ3n) is 5.15. The normalized spacial score (nSPS) is 28.5. The monoisotopic (exact) mass is 286 g/mol. The third-order valence-corrected chi connectivity index (χ3v) is 5.15. The van der Waals surface area contributed by atoms with Crippen molar-refractivity contribution in [1.82, 2.24) is 10.2 Å². The van der Waals surface area contributed by atoms with E-state index in [4.69, 9.17) is 0 Å². The maximum absolute atomic E-state index is 3.82. The molecule has 1 N–H and O–H groups in total. The molecule has 0 radical (unpaired) electrons. The van der Waals surface area contributed by atoms with Crippen LogP contribution in [-0.2, 0) is 0 Å². The van der Waals surface area contributed by atoms with Crippen molar-refractivity contribution in [1.29, 1.82) is 0 Å². The molecule has 1 saturated carbocycles. The Kier molecular flexibility index (Phi) is 4.97. The van der Waals surface area contributed by atoms with Gasteiger partial charge in [-0.05, 0) is 36.7 Å². The zero-order valence-corrected chi connectivity index (χ0v) is 13.6. The first-order valence-corrected chi connectivity index (χ1v) is 8.80. The smallest absolute Gasteiger partial charge is 0.0473 e. The highest BCUT2D eigenvalue weighted by Gasteiger charge is 2.37. The van der Waals surface area contributed by atoms with Gasteiger partial charge in [0, 0.05) is 31.7 Å². The van der Waals surface area contributed by atoms with Crippen LogP contribution in [0, 0.1) is 11.8 Å². The minimum absolute atomic E-state index is 0.556. The maximum atomic E-state index is 3.82. The van der Waals surface area contributed by atoms with Gasteiger partial charge in [0.2, 0.25) is 0 Å². The van der Waals surface area contributed by atoms with E-state index in [0.717, 1.165) is 24.4 Å². The number of nitrogens with one attached hydrogen (secondary N) is 1. The molecule has 21 heavy (non-hydrogen) atoms. The molecule has 2 aliphatic rings. The number of hydrogen-bond acceptors (Lipinski definition) is 2. The number of rotatable bonds is 6. The lowest BCUT2D eigenvalue weighted by Crippen LogP contribution is -2.54. The molecule has 2 heteroatoms. The average Bonchev–Trinajstić information content (AvgIpc) is 3.33. The summed E-state index contributed by atoms with van der Waals surface area (Å²) in [7, 11) is 0. The molecule has 2 nitrogen and oxygen atoms in total. The fraction of sp³-hybridized carbons (Fsp3) is 0.684. The standard InChI is InChI=1S/C19H30N2/c1-3-7-15(2)13-21-14-18(16-10-11-16)20-12-19(21)17-8-5-4-6-9-17/h4-6,8-9,15-16,18-20H,3,7,10-14H2,1-2H3. The highest BCUT2D eigenvalue weighted by Crippen LogP contribution is 2.36. The molecule has 1 aromatic rings. The lowest BCUT2D eigenvalue weighted by molar-refractivity contribution is 0.104. The van der Waals surface area contributed by atoms with E-state index in [1.165, 1.54) is 44.3 Å². The Morgan fingerprint density at radius 1 is 1.24 bits per heavy atom. The van der Waals surface area contributed by atoms with Crippen LogP contribution in [0.15, 0.2) is 30.3 Å². The molecule has 3 rings (SSSR count). The predicted octanol–water partition coefficient (Wildman–Crippen LogP) is 3.85. The molecule has 1 aromatic carbocycles. The first-order valence-electron chi connectivity index (χ1n) is 8.80. The largest absolute Gasteiger partial charge is 0.311 e. The zero-order chi connectivity index (χ0) is 14.7. The molecule has 0 amide bonds. The van der Waals surface area contributed by atoms with Gasteiger partial charge in [0.05, 0.1) is 0 Å². The van der Waals surface area contributed by atoms with E-state index in [9.17, 15) is 0 Å². The van der Waals surface area contributed by atoms with Gasteiger partial charge < -0.3 is 5.32 Å². The van der Waals surface area contributed by atoms with Crippen molar-refractivity contribution in [3.63, 3.8) is 0 Å². The van der Waals surface area contributed by atoms with Gasteiger partial charge in [-0.25, -0.2) is 0 Å². The molecule has 0 aromatic heterocycles. The Hall–Kier alpha value is -0.860. The van der Waals surface area contributed by atoms with Gasteiger partial charge >= 0.3 is 0 Å². The van der Waals surface area contributed by atoms with Crippen molar-refractivity contribution in [3.8, 4) is 0 Å². The molecule has 0 spiro atoms. The van der Waals surface area contributed by atoms with Gasteiger partial charge in [0.1, 0.15) is 0 Å². The van der Waals surface area contributed by atoms with Crippen LogP contribution in [0.3, 0.4) is 0 Å². The molecule has 1 saturated heterocycles. The van der Waals surface area contributed by atoms with Crippen LogP contribution in [0.5, 0.6) is 0 Å². The van der Waals surface area contributed by atoms with Gasteiger partial charge in [0.15, 0.2) is 0 Å². The molecule has 1 heterocycles. The van der Waals surface area contributed by atoms with Gasteiger partial charge in [-0.3, -0.25) is 4.90 Å². The van der Waals surface area contributed by atoms with Crippen LogP contribution in [-0.4, -0.2) is 30.6 Å². The van der Waals surface area contributed by atoms with Gasteiger partial charge in [-0.2, -0.15) is 0 Å². The lowest BCUT2D eigenvalue weighted by atomic mass is 9.96. The summed E-state index contributed by atoms with van der Waals surface area (Å²) in [4.78, 5) is 2.76. The molecule has 3 unspecified atom stereocenters. The Morgan fingerprint density at radius 3 is 2.67 bits per heavy atom. The summed E-state index contributed by atoms with van der Waals surface area (Å²) >= 11 is 0. The van der Waals surface area contributed by atoms with E-state index in [0.29, 0.717) is 6.04 Å². The van der Waals surface area contributed by atoms with E-state index in [1.807, 2.05) is 0 Å². The first-order chi connectivity index (χ1) is 10.3. The molecular formula is C19H30N2. The zero-order valence-electron chi connectivity index (χ0n) is 13.6. The quantitative estimate of drug-likeness (QED) is 0.854. The highest BCUT2D eigenvalue weighted by atomic mass is 15.2. The Labute approximate surface area is 129 Å². The summed E-state index contributed by atoms with van der Waals surface area (Å²) in [6.07, 6.45) is 5.52. The lowest BCUT2D eigenvalue weighted by Gasteiger charge is -2.42. The summed E-state index contributed by atoms with van der Waals surface area (Å²) in [6.45, 7) is 8.32. The minimum Gasteiger partial charge on any atom is -0.311 e. The fourth-order valence-electron chi connectivity index (χ4n) is 3.84. The summed E-state index contributed by atoms with van der Waals surface area (Å²) < 4.78 is 0.